The Morgan fingerprint density at radius 3 is 2.52 bits per heavy atom. The molecule has 2 aromatic rings. The fraction of sp³-hybridized carbons (Fsp3) is 0.227. The average molecular weight is 413 g/mol. The topological polar surface area (TPSA) is 75.7 Å². The van der Waals surface area contributed by atoms with E-state index in [9.17, 15) is 14.4 Å². The van der Waals surface area contributed by atoms with Gasteiger partial charge in [-0.25, -0.2) is 9.69 Å². The zero-order valence-electron chi connectivity index (χ0n) is 16.4. The van der Waals surface area contributed by atoms with Crippen molar-refractivity contribution in [1.29, 1.82) is 0 Å². The lowest BCUT2D eigenvalue weighted by molar-refractivity contribution is -0.122. The first-order valence-corrected chi connectivity index (χ1v) is 9.60. The van der Waals surface area contributed by atoms with E-state index in [2.05, 4.69) is 5.32 Å². The number of amides is 4. The second-order valence-corrected chi connectivity index (χ2v) is 7.19. The molecule has 29 heavy (non-hydrogen) atoms. The number of barbiturate groups is 1. The van der Waals surface area contributed by atoms with Gasteiger partial charge in [0.15, 0.2) is 0 Å². The molecular weight excluding hydrogens is 392 g/mol. The summed E-state index contributed by atoms with van der Waals surface area (Å²) in [6, 6.07) is 9.39. The SMILES string of the molecule is CCCOc1ccc(Cl)cc1/C=C1\C(=O)NC(=O)N(c2ccc(C)c(C)c2)C1=O. The van der Waals surface area contributed by atoms with Gasteiger partial charge in [-0.15, -0.1) is 0 Å². The molecule has 1 N–H and O–H groups in total. The quantitative estimate of drug-likeness (QED) is 0.583. The van der Waals surface area contributed by atoms with Crippen LogP contribution in [-0.4, -0.2) is 24.5 Å². The van der Waals surface area contributed by atoms with Gasteiger partial charge in [-0.05, 0) is 67.8 Å². The van der Waals surface area contributed by atoms with Crippen LogP contribution in [0.4, 0.5) is 10.5 Å². The predicted molar refractivity (Wildman–Crippen MR) is 112 cm³/mol. The maximum atomic E-state index is 13.1. The first-order chi connectivity index (χ1) is 13.8. The highest BCUT2D eigenvalue weighted by atomic mass is 35.5. The van der Waals surface area contributed by atoms with E-state index in [1.165, 1.54) is 6.08 Å². The molecule has 0 bridgehead atoms. The van der Waals surface area contributed by atoms with Crippen molar-refractivity contribution >= 4 is 41.2 Å². The lowest BCUT2D eigenvalue weighted by Gasteiger charge is -2.27. The second-order valence-electron chi connectivity index (χ2n) is 6.76. The number of hydrogen-bond acceptors (Lipinski definition) is 4. The third-order valence-electron chi connectivity index (χ3n) is 4.58. The summed E-state index contributed by atoms with van der Waals surface area (Å²) in [5, 5.41) is 2.66. The number of rotatable bonds is 5. The molecule has 0 radical (unpaired) electrons. The molecule has 2 aromatic carbocycles. The molecule has 0 aromatic heterocycles. The van der Waals surface area contributed by atoms with Crippen LogP contribution in [-0.2, 0) is 9.59 Å². The fourth-order valence-electron chi connectivity index (χ4n) is 2.89. The summed E-state index contributed by atoms with van der Waals surface area (Å²) in [5.74, 6) is -0.969. The van der Waals surface area contributed by atoms with E-state index in [-0.39, 0.29) is 5.57 Å². The number of carbonyl (C=O) groups is 3. The van der Waals surface area contributed by atoms with Crippen molar-refractivity contribution in [2.24, 2.45) is 0 Å². The normalized spacial score (nSPS) is 15.7. The van der Waals surface area contributed by atoms with E-state index < -0.39 is 17.8 Å². The van der Waals surface area contributed by atoms with Crippen LogP contribution in [0.2, 0.25) is 5.02 Å². The maximum absolute atomic E-state index is 13.1. The molecule has 0 aliphatic carbocycles. The number of nitrogens with zero attached hydrogens (tertiary/aromatic N) is 1. The Kier molecular flexibility index (Phi) is 6.03. The number of imide groups is 2. The number of urea groups is 1. The Morgan fingerprint density at radius 1 is 1.07 bits per heavy atom. The number of hydrogen-bond donors (Lipinski definition) is 1. The maximum Gasteiger partial charge on any atom is 0.335 e. The van der Waals surface area contributed by atoms with Crippen LogP contribution in [0.3, 0.4) is 0 Å². The van der Waals surface area contributed by atoms with Crippen LogP contribution in [0.1, 0.15) is 30.0 Å². The number of nitrogens with one attached hydrogen (secondary N) is 1. The third-order valence-corrected chi connectivity index (χ3v) is 4.82. The molecule has 7 heteroatoms. The third kappa shape index (κ3) is 4.32. The smallest absolute Gasteiger partial charge is 0.335 e. The minimum atomic E-state index is -0.783. The number of anilines is 1. The Hall–Kier alpha value is -3.12. The van der Waals surface area contributed by atoms with Crippen molar-refractivity contribution in [3.05, 3.63) is 63.7 Å². The first-order valence-electron chi connectivity index (χ1n) is 9.23. The summed E-state index contributed by atoms with van der Waals surface area (Å²) in [5.41, 5.74) is 2.66. The zero-order chi connectivity index (χ0) is 21.1. The Balaban J connectivity index is 2.04. The second kappa shape index (κ2) is 8.49. The molecule has 0 spiro atoms. The summed E-state index contributed by atoms with van der Waals surface area (Å²) in [6.07, 6.45) is 2.20. The van der Waals surface area contributed by atoms with Crippen molar-refractivity contribution in [3.8, 4) is 5.75 Å². The number of halogens is 1. The fourth-order valence-corrected chi connectivity index (χ4v) is 3.07. The molecule has 1 saturated heterocycles. The highest BCUT2D eigenvalue weighted by Gasteiger charge is 2.37. The van der Waals surface area contributed by atoms with Gasteiger partial charge in [0.25, 0.3) is 11.8 Å². The van der Waals surface area contributed by atoms with Crippen molar-refractivity contribution in [1.82, 2.24) is 5.32 Å². The summed E-state index contributed by atoms with van der Waals surface area (Å²) in [4.78, 5) is 38.8. The molecular formula is C22H21ClN2O4. The molecule has 1 aliphatic rings. The Bertz CT molecular complexity index is 1030. The van der Waals surface area contributed by atoms with Crippen LogP contribution < -0.4 is 15.0 Å². The van der Waals surface area contributed by atoms with Crippen LogP contribution >= 0.6 is 11.6 Å². The standard InChI is InChI=1S/C22H21ClN2O4/c1-4-9-29-19-8-6-16(23)11-15(19)12-18-20(26)24-22(28)25(21(18)27)17-7-5-13(2)14(3)10-17/h5-8,10-12H,4,9H2,1-3H3,(H,24,26,28)/b18-12+. The lowest BCUT2D eigenvalue weighted by Crippen LogP contribution is -2.54. The van der Waals surface area contributed by atoms with Crippen molar-refractivity contribution in [2.45, 2.75) is 27.2 Å². The Morgan fingerprint density at radius 2 is 1.83 bits per heavy atom. The van der Waals surface area contributed by atoms with Gasteiger partial charge in [-0.3, -0.25) is 14.9 Å². The van der Waals surface area contributed by atoms with Crippen LogP contribution in [0, 0.1) is 13.8 Å². The van der Waals surface area contributed by atoms with Crippen molar-refractivity contribution in [2.75, 3.05) is 11.5 Å². The van der Waals surface area contributed by atoms with Gasteiger partial charge in [0.1, 0.15) is 11.3 Å². The van der Waals surface area contributed by atoms with E-state index in [4.69, 9.17) is 16.3 Å². The van der Waals surface area contributed by atoms with Gasteiger partial charge in [-0.2, -0.15) is 0 Å². The molecule has 6 nitrogen and oxygen atoms in total. The highest BCUT2D eigenvalue weighted by Crippen LogP contribution is 2.28. The van der Waals surface area contributed by atoms with Crippen LogP contribution in [0.25, 0.3) is 6.08 Å². The van der Waals surface area contributed by atoms with Crippen LogP contribution in [0.5, 0.6) is 5.75 Å². The van der Waals surface area contributed by atoms with Gasteiger partial charge in [-0.1, -0.05) is 24.6 Å². The van der Waals surface area contributed by atoms with Gasteiger partial charge in [0, 0.05) is 10.6 Å². The molecule has 1 heterocycles. The number of benzene rings is 2. The lowest BCUT2D eigenvalue weighted by atomic mass is 10.0. The molecule has 1 fully saturated rings. The minimum absolute atomic E-state index is 0.175. The highest BCUT2D eigenvalue weighted by molar-refractivity contribution is 6.39. The van der Waals surface area contributed by atoms with E-state index in [1.807, 2.05) is 26.8 Å². The van der Waals surface area contributed by atoms with Gasteiger partial charge in [0.05, 0.1) is 12.3 Å². The monoisotopic (exact) mass is 412 g/mol. The first kappa shape index (κ1) is 20.6. The van der Waals surface area contributed by atoms with Crippen LogP contribution in [0.15, 0.2) is 42.0 Å². The Labute approximate surface area is 174 Å². The molecule has 3 rings (SSSR count). The van der Waals surface area contributed by atoms with E-state index >= 15 is 0 Å². The minimum Gasteiger partial charge on any atom is -0.493 e. The van der Waals surface area contributed by atoms with E-state index in [1.54, 1.807) is 30.3 Å². The number of carbonyl (C=O) groups excluding carboxylic acids is 3. The number of aryl methyl sites for hydroxylation is 2. The predicted octanol–water partition coefficient (Wildman–Crippen LogP) is 4.41. The summed E-state index contributed by atoms with van der Waals surface area (Å²) in [6.45, 7) is 6.27. The van der Waals surface area contributed by atoms with Crippen molar-refractivity contribution < 1.29 is 19.1 Å². The van der Waals surface area contributed by atoms with E-state index in [0.717, 1.165) is 22.4 Å². The summed E-state index contributed by atoms with van der Waals surface area (Å²) in [7, 11) is 0. The largest absolute Gasteiger partial charge is 0.493 e. The van der Waals surface area contributed by atoms with Gasteiger partial charge >= 0.3 is 6.03 Å². The van der Waals surface area contributed by atoms with Gasteiger partial charge < -0.3 is 4.74 Å². The molecule has 4 amide bonds. The molecule has 0 atom stereocenters. The van der Waals surface area contributed by atoms with E-state index in [0.29, 0.717) is 28.6 Å². The molecule has 0 unspecified atom stereocenters. The van der Waals surface area contributed by atoms with Gasteiger partial charge in [0.2, 0.25) is 0 Å². The molecule has 0 saturated carbocycles. The molecule has 150 valence electrons. The summed E-state index contributed by atoms with van der Waals surface area (Å²) < 4.78 is 5.69. The summed E-state index contributed by atoms with van der Waals surface area (Å²) >= 11 is 6.09. The number of ether oxygens (including phenoxy) is 1. The molecule has 1 aliphatic heterocycles. The zero-order valence-corrected chi connectivity index (χ0v) is 17.2. The van der Waals surface area contributed by atoms with Crippen molar-refractivity contribution in [3.63, 3.8) is 0 Å². The average Bonchev–Trinajstić information content (AvgIpc) is 2.67.